The van der Waals surface area contributed by atoms with Crippen molar-refractivity contribution in [2.24, 2.45) is 5.73 Å². The van der Waals surface area contributed by atoms with E-state index < -0.39 is 0 Å². The lowest BCUT2D eigenvalue weighted by atomic mass is 10.2. The molecule has 2 atom stereocenters. The number of nitrogens with one attached hydrogen (secondary N) is 2. The molecule has 1 heterocycles. The molecule has 2 aromatic rings. The van der Waals surface area contributed by atoms with Crippen LogP contribution in [-0.2, 0) is 6.54 Å². The molecule has 25 heavy (non-hydrogen) atoms. The van der Waals surface area contributed by atoms with Gasteiger partial charge >= 0.3 is 0 Å². The molecule has 2 aromatic carbocycles. The van der Waals surface area contributed by atoms with Crippen molar-refractivity contribution < 1.29 is 4.79 Å². The van der Waals surface area contributed by atoms with Gasteiger partial charge in [-0.25, -0.2) is 0 Å². The third-order valence-corrected chi connectivity index (χ3v) is 4.59. The Hall–Kier alpha value is -2.21. The standard InChI is InChI=1S/C20H26N4O/c21-13-19-23-18(15-24(19)14-16-7-3-1-4-8-16)11-12-22-20(25)17-9-5-2-6-10-17/h1-10,18-19,23H,11-15,21H2,(H,22,25). The van der Waals surface area contributed by atoms with E-state index in [0.29, 0.717) is 24.7 Å². The molecule has 1 aliphatic heterocycles. The number of amides is 1. The van der Waals surface area contributed by atoms with E-state index in [9.17, 15) is 4.79 Å². The van der Waals surface area contributed by atoms with Crippen LogP contribution >= 0.6 is 0 Å². The number of nitrogens with two attached hydrogens (primary N) is 1. The van der Waals surface area contributed by atoms with Crippen LogP contribution in [0.5, 0.6) is 0 Å². The first-order chi connectivity index (χ1) is 12.3. The molecular formula is C20H26N4O. The minimum Gasteiger partial charge on any atom is -0.352 e. The summed E-state index contributed by atoms with van der Waals surface area (Å²) >= 11 is 0. The molecule has 3 rings (SSSR count). The van der Waals surface area contributed by atoms with Crippen LogP contribution < -0.4 is 16.4 Å². The number of carbonyl (C=O) groups is 1. The van der Waals surface area contributed by atoms with Crippen molar-refractivity contribution >= 4 is 5.91 Å². The number of hydrogen-bond donors (Lipinski definition) is 3. The zero-order valence-electron chi connectivity index (χ0n) is 14.4. The molecule has 1 fully saturated rings. The van der Waals surface area contributed by atoms with E-state index in [-0.39, 0.29) is 12.1 Å². The van der Waals surface area contributed by atoms with E-state index in [4.69, 9.17) is 5.73 Å². The summed E-state index contributed by atoms with van der Waals surface area (Å²) in [7, 11) is 0. The summed E-state index contributed by atoms with van der Waals surface area (Å²) in [5, 5.41) is 6.57. The Labute approximate surface area is 149 Å². The number of hydrogen-bond acceptors (Lipinski definition) is 4. The Morgan fingerprint density at radius 2 is 1.80 bits per heavy atom. The Bertz CT molecular complexity index is 662. The molecule has 5 heteroatoms. The normalized spacial score (nSPS) is 20.5. The fourth-order valence-electron chi connectivity index (χ4n) is 3.28. The van der Waals surface area contributed by atoms with Gasteiger partial charge < -0.3 is 11.1 Å². The predicted octanol–water partition coefficient (Wildman–Crippen LogP) is 1.57. The second-order valence-electron chi connectivity index (χ2n) is 6.44. The van der Waals surface area contributed by atoms with Crippen molar-refractivity contribution in [2.45, 2.75) is 25.2 Å². The van der Waals surface area contributed by atoms with Crippen molar-refractivity contribution in [1.29, 1.82) is 0 Å². The minimum atomic E-state index is -0.0184. The maximum absolute atomic E-state index is 12.1. The van der Waals surface area contributed by atoms with Gasteiger partial charge in [0.05, 0.1) is 6.17 Å². The van der Waals surface area contributed by atoms with Crippen molar-refractivity contribution in [1.82, 2.24) is 15.5 Å². The van der Waals surface area contributed by atoms with E-state index in [1.807, 2.05) is 36.4 Å². The second kappa shape index (κ2) is 8.76. The molecule has 0 aliphatic carbocycles. The van der Waals surface area contributed by atoms with Crippen LogP contribution in [-0.4, -0.2) is 42.6 Å². The number of rotatable bonds is 7. The van der Waals surface area contributed by atoms with Gasteiger partial charge in [-0.3, -0.25) is 15.0 Å². The first-order valence-electron chi connectivity index (χ1n) is 8.83. The summed E-state index contributed by atoms with van der Waals surface area (Å²) in [6.07, 6.45) is 1.08. The van der Waals surface area contributed by atoms with Crippen LogP contribution in [0.15, 0.2) is 60.7 Å². The quantitative estimate of drug-likeness (QED) is 0.717. The Kier molecular flexibility index (Phi) is 6.17. The average molecular weight is 338 g/mol. The molecular weight excluding hydrogens is 312 g/mol. The maximum Gasteiger partial charge on any atom is 0.251 e. The van der Waals surface area contributed by atoms with Crippen molar-refractivity contribution in [3.63, 3.8) is 0 Å². The fraction of sp³-hybridized carbons (Fsp3) is 0.350. The third-order valence-electron chi connectivity index (χ3n) is 4.59. The highest BCUT2D eigenvalue weighted by atomic mass is 16.1. The summed E-state index contributed by atoms with van der Waals surface area (Å²) in [5.41, 5.74) is 7.91. The van der Waals surface area contributed by atoms with Gasteiger partial charge in [0.2, 0.25) is 0 Å². The van der Waals surface area contributed by atoms with Gasteiger partial charge in [0.15, 0.2) is 0 Å². The zero-order chi connectivity index (χ0) is 17.5. The van der Waals surface area contributed by atoms with Crippen molar-refractivity contribution in [3.8, 4) is 0 Å². The summed E-state index contributed by atoms with van der Waals surface area (Å²) < 4.78 is 0. The lowest BCUT2D eigenvalue weighted by Crippen LogP contribution is -2.42. The molecule has 1 saturated heterocycles. The van der Waals surface area contributed by atoms with E-state index in [1.165, 1.54) is 5.56 Å². The predicted molar refractivity (Wildman–Crippen MR) is 100 cm³/mol. The van der Waals surface area contributed by atoms with E-state index in [1.54, 1.807) is 0 Å². The Balaban J connectivity index is 1.46. The van der Waals surface area contributed by atoms with Gasteiger partial charge in [-0.1, -0.05) is 48.5 Å². The summed E-state index contributed by atoms with van der Waals surface area (Å²) in [5.74, 6) is -0.0184. The summed E-state index contributed by atoms with van der Waals surface area (Å²) in [4.78, 5) is 14.5. The summed E-state index contributed by atoms with van der Waals surface area (Å²) in [6, 6.07) is 20.1. The smallest absolute Gasteiger partial charge is 0.251 e. The van der Waals surface area contributed by atoms with Crippen molar-refractivity contribution in [2.75, 3.05) is 19.6 Å². The molecule has 5 nitrogen and oxygen atoms in total. The minimum absolute atomic E-state index is 0.0184. The van der Waals surface area contributed by atoms with Gasteiger partial charge in [-0.05, 0) is 24.1 Å². The van der Waals surface area contributed by atoms with Crippen LogP contribution in [0.1, 0.15) is 22.3 Å². The van der Waals surface area contributed by atoms with Gasteiger partial charge in [0.1, 0.15) is 0 Å². The Morgan fingerprint density at radius 3 is 2.48 bits per heavy atom. The van der Waals surface area contributed by atoms with Crippen LogP contribution in [0.3, 0.4) is 0 Å². The second-order valence-corrected chi connectivity index (χ2v) is 6.44. The van der Waals surface area contributed by atoms with Gasteiger partial charge in [-0.2, -0.15) is 0 Å². The topological polar surface area (TPSA) is 70.4 Å². The van der Waals surface area contributed by atoms with E-state index in [2.05, 4.69) is 39.8 Å². The Morgan fingerprint density at radius 1 is 1.12 bits per heavy atom. The fourth-order valence-corrected chi connectivity index (χ4v) is 3.28. The first kappa shape index (κ1) is 17.6. The van der Waals surface area contributed by atoms with E-state index >= 15 is 0 Å². The first-order valence-corrected chi connectivity index (χ1v) is 8.83. The number of carbonyl (C=O) groups excluding carboxylic acids is 1. The van der Waals surface area contributed by atoms with Crippen molar-refractivity contribution in [3.05, 3.63) is 71.8 Å². The van der Waals surface area contributed by atoms with Gasteiger partial charge in [0.25, 0.3) is 5.91 Å². The third kappa shape index (κ3) is 4.89. The molecule has 0 bridgehead atoms. The lowest BCUT2D eigenvalue weighted by Gasteiger charge is -2.22. The highest BCUT2D eigenvalue weighted by Crippen LogP contribution is 2.15. The molecule has 4 N–H and O–H groups in total. The van der Waals surface area contributed by atoms with E-state index in [0.717, 1.165) is 19.5 Å². The van der Waals surface area contributed by atoms with Crippen LogP contribution in [0.4, 0.5) is 0 Å². The molecule has 0 radical (unpaired) electrons. The molecule has 132 valence electrons. The van der Waals surface area contributed by atoms with Gasteiger partial charge in [0, 0.05) is 37.8 Å². The monoisotopic (exact) mass is 338 g/mol. The zero-order valence-corrected chi connectivity index (χ0v) is 14.4. The van der Waals surface area contributed by atoms with Crippen LogP contribution in [0, 0.1) is 0 Å². The maximum atomic E-state index is 12.1. The molecule has 0 aromatic heterocycles. The molecule has 1 amide bonds. The summed E-state index contributed by atoms with van der Waals surface area (Å²) in [6.45, 7) is 3.07. The highest BCUT2D eigenvalue weighted by molar-refractivity contribution is 5.94. The number of benzene rings is 2. The lowest BCUT2D eigenvalue weighted by molar-refractivity contribution is 0.0952. The largest absolute Gasteiger partial charge is 0.352 e. The average Bonchev–Trinajstić information content (AvgIpc) is 3.05. The van der Waals surface area contributed by atoms with Crippen LogP contribution in [0.25, 0.3) is 0 Å². The molecule has 0 saturated carbocycles. The SMILES string of the molecule is NCC1NC(CCNC(=O)c2ccccc2)CN1Cc1ccccc1. The molecule has 1 aliphatic rings. The van der Waals surface area contributed by atoms with Crippen LogP contribution in [0.2, 0.25) is 0 Å². The molecule has 2 unspecified atom stereocenters. The molecule has 0 spiro atoms. The van der Waals surface area contributed by atoms with Gasteiger partial charge in [-0.15, -0.1) is 0 Å². The highest BCUT2D eigenvalue weighted by Gasteiger charge is 2.29. The number of nitrogens with zero attached hydrogens (tertiary/aromatic N) is 1.